The Labute approximate surface area is 244 Å². The molecule has 0 unspecified atom stereocenters. The number of rotatable bonds is 11. The molecule has 0 heterocycles. The minimum atomic E-state index is -3.87. The SMILES string of the molecule is Cc1ccc(Cl)cc1N(Cc1ccc(C(=O)NCCSCc2ccccc2Cl)cc1)S(=O)(=O)c1ccccc1. The standard InChI is InChI=1S/C30H28Cl2N2O3S2/c1-22-11-16-26(31)19-29(22)34(39(36,37)27-8-3-2-4-9-27)20-23-12-14-24(15-13-23)30(35)33-17-18-38-21-25-7-5-6-10-28(25)32/h2-16,19H,17-18,20-21H2,1H3,(H,33,35). The number of hydrogen-bond acceptors (Lipinski definition) is 4. The number of benzene rings is 4. The van der Waals surface area contributed by atoms with E-state index in [0.717, 1.165) is 33.2 Å². The fourth-order valence-electron chi connectivity index (χ4n) is 3.93. The Kier molecular flexibility index (Phi) is 9.97. The number of nitrogens with zero attached hydrogens (tertiary/aromatic N) is 1. The summed E-state index contributed by atoms with van der Waals surface area (Å²) >= 11 is 14.1. The van der Waals surface area contributed by atoms with Crippen molar-refractivity contribution in [1.82, 2.24) is 5.32 Å². The molecular weight excluding hydrogens is 571 g/mol. The van der Waals surface area contributed by atoms with Gasteiger partial charge in [-0.25, -0.2) is 8.42 Å². The molecule has 0 aliphatic carbocycles. The van der Waals surface area contributed by atoms with Gasteiger partial charge in [0, 0.05) is 33.7 Å². The van der Waals surface area contributed by atoms with Crippen molar-refractivity contribution in [2.45, 2.75) is 24.1 Å². The van der Waals surface area contributed by atoms with Crippen LogP contribution in [0.3, 0.4) is 0 Å². The molecule has 0 saturated carbocycles. The highest BCUT2D eigenvalue weighted by Gasteiger charge is 2.26. The van der Waals surface area contributed by atoms with Crippen LogP contribution in [0, 0.1) is 6.92 Å². The van der Waals surface area contributed by atoms with E-state index in [1.54, 1.807) is 84.6 Å². The first kappa shape index (κ1) is 29.0. The van der Waals surface area contributed by atoms with E-state index in [4.69, 9.17) is 23.2 Å². The van der Waals surface area contributed by atoms with Crippen LogP contribution in [0.25, 0.3) is 0 Å². The molecule has 0 spiro atoms. The largest absolute Gasteiger partial charge is 0.351 e. The average molecular weight is 600 g/mol. The van der Waals surface area contributed by atoms with Crippen LogP contribution in [0.5, 0.6) is 0 Å². The van der Waals surface area contributed by atoms with Gasteiger partial charge >= 0.3 is 0 Å². The van der Waals surface area contributed by atoms with E-state index >= 15 is 0 Å². The van der Waals surface area contributed by atoms with Crippen LogP contribution in [-0.2, 0) is 22.3 Å². The first-order valence-electron chi connectivity index (χ1n) is 12.3. The molecule has 0 aliphatic heterocycles. The van der Waals surface area contributed by atoms with E-state index in [-0.39, 0.29) is 17.3 Å². The van der Waals surface area contributed by atoms with Crippen molar-refractivity contribution in [3.8, 4) is 0 Å². The van der Waals surface area contributed by atoms with Gasteiger partial charge in [-0.05, 0) is 66.1 Å². The quantitative estimate of drug-likeness (QED) is 0.183. The van der Waals surface area contributed by atoms with Gasteiger partial charge in [-0.2, -0.15) is 11.8 Å². The Balaban J connectivity index is 1.43. The molecule has 0 radical (unpaired) electrons. The molecule has 0 aromatic heterocycles. The molecule has 0 bridgehead atoms. The molecule has 202 valence electrons. The fraction of sp³-hybridized carbons (Fsp3) is 0.167. The number of hydrogen-bond donors (Lipinski definition) is 1. The Morgan fingerprint density at radius 1 is 0.897 bits per heavy atom. The Bertz CT molecular complexity index is 1530. The highest BCUT2D eigenvalue weighted by molar-refractivity contribution is 7.98. The number of thioether (sulfide) groups is 1. The van der Waals surface area contributed by atoms with E-state index in [2.05, 4.69) is 5.32 Å². The van der Waals surface area contributed by atoms with Gasteiger partial charge in [0.15, 0.2) is 0 Å². The zero-order valence-electron chi connectivity index (χ0n) is 21.3. The normalized spacial score (nSPS) is 11.3. The van der Waals surface area contributed by atoms with Gasteiger partial charge in [0.25, 0.3) is 15.9 Å². The number of halogens is 2. The van der Waals surface area contributed by atoms with E-state index in [9.17, 15) is 13.2 Å². The maximum Gasteiger partial charge on any atom is 0.264 e. The van der Waals surface area contributed by atoms with Crippen LogP contribution in [0.2, 0.25) is 10.0 Å². The Morgan fingerprint density at radius 3 is 2.31 bits per heavy atom. The summed E-state index contributed by atoms with van der Waals surface area (Å²) in [6.07, 6.45) is 0. The fourth-order valence-corrected chi connectivity index (χ4v) is 6.78. The number of carbonyl (C=O) groups is 1. The average Bonchev–Trinajstić information content (AvgIpc) is 2.94. The van der Waals surface area contributed by atoms with E-state index in [1.807, 2.05) is 31.2 Å². The highest BCUT2D eigenvalue weighted by atomic mass is 35.5. The van der Waals surface area contributed by atoms with Crippen molar-refractivity contribution in [2.75, 3.05) is 16.6 Å². The summed E-state index contributed by atoms with van der Waals surface area (Å²) in [7, 11) is -3.87. The lowest BCUT2D eigenvalue weighted by molar-refractivity contribution is 0.0956. The van der Waals surface area contributed by atoms with Crippen LogP contribution in [0.1, 0.15) is 27.0 Å². The molecule has 4 aromatic carbocycles. The van der Waals surface area contributed by atoms with Crippen molar-refractivity contribution in [3.63, 3.8) is 0 Å². The molecule has 0 fully saturated rings. The number of sulfonamides is 1. The predicted octanol–water partition coefficient (Wildman–Crippen LogP) is 7.36. The molecule has 1 amide bonds. The van der Waals surface area contributed by atoms with Crippen molar-refractivity contribution in [3.05, 3.63) is 129 Å². The lowest BCUT2D eigenvalue weighted by Gasteiger charge is -2.26. The highest BCUT2D eigenvalue weighted by Crippen LogP contribution is 2.31. The Hall–Kier alpha value is -2.97. The molecule has 0 saturated heterocycles. The maximum absolute atomic E-state index is 13.7. The second-order valence-corrected chi connectivity index (χ2v) is 12.7. The summed E-state index contributed by atoms with van der Waals surface area (Å²) in [5.41, 5.74) is 3.60. The number of amides is 1. The van der Waals surface area contributed by atoms with Crippen molar-refractivity contribution in [2.24, 2.45) is 0 Å². The van der Waals surface area contributed by atoms with Gasteiger partial charge in [-0.15, -0.1) is 0 Å². The molecule has 4 aromatic rings. The van der Waals surface area contributed by atoms with Crippen molar-refractivity contribution >= 4 is 56.6 Å². The first-order valence-corrected chi connectivity index (χ1v) is 15.6. The van der Waals surface area contributed by atoms with Crippen molar-refractivity contribution < 1.29 is 13.2 Å². The van der Waals surface area contributed by atoms with Crippen LogP contribution < -0.4 is 9.62 Å². The zero-order chi connectivity index (χ0) is 27.8. The monoisotopic (exact) mass is 598 g/mol. The minimum Gasteiger partial charge on any atom is -0.351 e. The van der Waals surface area contributed by atoms with Crippen molar-refractivity contribution in [1.29, 1.82) is 0 Å². The topological polar surface area (TPSA) is 66.5 Å². The predicted molar refractivity (Wildman–Crippen MR) is 162 cm³/mol. The number of carbonyl (C=O) groups excluding carboxylic acids is 1. The van der Waals surface area contributed by atoms with Gasteiger partial charge in [0.1, 0.15) is 0 Å². The number of aryl methyl sites for hydroxylation is 1. The van der Waals surface area contributed by atoms with Crippen LogP contribution in [-0.4, -0.2) is 26.6 Å². The third-order valence-corrected chi connectivity index (χ3v) is 9.45. The second-order valence-electron chi connectivity index (χ2n) is 8.85. The zero-order valence-corrected chi connectivity index (χ0v) is 24.5. The minimum absolute atomic E-state index is 0.0823. The summed E-state index contributed by atoms with van der Waals surface area (Å²) in [5, 5.41) is 4.12. The lowest BCUT2D eigenvalue weighted by Crippen LogP contribution is -2.31. The van der Waals surface area contributed by atoms with E-state index < -0.39 is 10.0 Å². The molecule has 0 aliphatic rings. The third-order valence-electron chi connectivity index (χ3n) is 6.06. The maximum atomic E-state index is 13.7. The summed E-state index contributed by atoms with van der Waals surface area (Å²) < 4.78 is 28.7. The summed E-state index contributed by atoms with van der Waals surface area (Å²) in [6, 6.07) is 28.2. The van der Waals surface area contributed by atoms with E-state index in [1.165, 1.54) is 4.31 Å². The van der Waals surface area contributed by atoms with Gasteiger partial charge < -0.3 is 5.32 Å². The molecular formula is C30H28Cl2N2O3S2. The molecule has 5 nitrogen and oxygen atoms in total. The first-order chi connectivity index (χ1) is 18.8. The summed E-state index contributed by atoms with van der Waals surface area (Å²) in [4.78, 5) is 12.8. The molecule has 0 atom stereocenters. The van der Waals surface area contributed by atoms with Crippen LogP contribution in [0.4, 0.5) is 5.69 Å². The lowest BCUT2D eigenvalue weighted by atomic mass is 10.1. The van der Waals surface area contributed by atoms with Gasteiger partial charge in [0.05, 0.1) is 17.1 Å². The second kappa shape index (κ2) is 13.4. The number of nitrogens with one attached hydrogen (secondary N) is 1. The van der Waals surface area contributed by atoms with Crippen LogP contribution in [0.15, 0.2) is 102 Å². The molecule has 1 N–H and O–H groups in total. The summed E-state index contributed by atoms with van der Waals surface area (Å²) in [6.45, 7) is 2.45. The Morgan fingerprint density at radius 2 is 1.59 bits per heavy atom. The number of anilines is 1. The molecule has 39 heavy (non-hydrogen) atoms. The van der Waals surface area contributed by atoms with E-state index in [0.29, 0.717) is 22.8 Å². The van der Waals surface area contributed by atoms with Gasteiger partial charge in [0.2, 0.25) is 0 Å². The molecule has 4 rings (SSSR count). The summed E-state index contributed by atoms with van der Waals surface area (Å²) in [5.74, 6) is 1.35. The van der Waals surface area contributed by atoms with Gasteiger partial charge in [-0.3, -0.25) is 9.10 Å². The van der Waals surface area contributed by atoms with Crippen LogP contribution >= 0.6 is 35.0 Å². The molecule has 9 heteroatoms. The third kappa shape index (κ3) is 7.57. The smallest absolute Gasteiger partial charge is 0.264 e. The van der Waals surface area contributed by atoms with Gasteiger partial charge in [-0.1, -0.05) is 77.8 Å².